The third kappa shape index (κ3) is 3.22. The van der Waals surface area contributed by atoms with Crippen LogP contribution in [0.25, 0.3) is 0 Å². The van der Waals surface area contributed by atoms with Gasteiger partial charge in [0.25, 0.3) is 0 Å². The Labute approximate surface area is 96.4 Å². The van der Waals surface area contributed by atoms with E-state index in [2.05, 4.69) is 5.32 Å². The predicted molar refractivity (Wildman–Crippen MR) is 61.0 cm³/mol. The molecular formula is C12H21NO3. The molecule has 92 valence electrons. The van der Waals surface area contributed by atoms with Crippen molar-refractivity contribution in [3.05, 3.63) is 0 Å². The highest BCUT2D eigenvalue weighted by atomic mass is 16.4. The molecule has 1 aliphatic rings. The minimum absolute atomic E-state index is 0.00981. The maximum atomic E-state index is 11.9. The van der Waals surface area contributed by atoms with Gasteiger partial charge in [-0.25, -0.2) is 0 Å². The summed E-state index contributed by atoms with van der Waals surface area (Å²) < 4.78 is 0. The third-order valence-electron chi connectivity index (χ3n) is 3.50. The van der Waals surface area contributed by atoms with Gasteiger partial charge in [-0.1, -0.05) is 6.92 Å². The van der Waals surface area contributed by atoms with Crippen molar-refractivity contribution in [2.24, 2.45) is 11.8 Å². The van der Waals surface area contributed by atoms with Crippen molar-refractivity contribution < 1.29 is 14.7 Å². The zero-order valence-corrected chi connectivity index (χ0v) is 10.2. The number of carboxylic acid groups (broad SMARTS) is 1. The van der Waals surface area contributed by atoms with Gasteiger partial charge in [0, 0.05) is 11.5 Å². The van der Waals surface area contributed by atoms with Crippen molar-refractivity contribution in [1.82, 2.24) is 5.32 Å². The Morgan fingerprint density at radius 3 is 2.31 bits per heavy atom. The first kappa shape index (κ1) is 13.0. The number of nitrogens with one attached hydrogen (secondary N) is 1. The van der Waals surface area contributed by atoms with E-state index in [4.69, 9.17) is 5.11 Å². The van der Waals surface area contributed by atoms with E-state index >= 15 is 0 Å². The van der Waals surface area contributed by atoms with Crippen LogP contribution >= 0.6 is 0 Å². The number of carboxylic acids is 1. The Bertz CT molecular complexity index is 286. The highest BCUT2D eigenvalue weighted by molar-refractivity contribution is 5.81. The lowest BCUT2D eigenvalue weighted by Gasteiger charge is -2.26. The summed E-state index contributed by atoms with van der Waals surface area (Å²) in [5.41, 5.74) is -0.196. The smallest absolute Gasteiger partial charge is 0.306 e. The molecule has 0 radical (unpaired) electrons. The van der Waals surface area contributed by atoms with Gasteiger partial charge in [-0.2, -0.15) is 0 Å². The molecule has 2 N–H and O–H groups in total. The molecule has 0 aliphatic heterocycles. The average molecular weight is 227 g/mol. The number of hydrogen-bond donors (Lipinski definition) is 2. The van der Waals surface area contributed by atoms with Crippen LogP contribution in [0.3, 0.4) is 0 Å². The molecular weight excluding hydrogens is 206 g/mol. The summed E-state index contributed by atoms with van der Waals surface area (Å²) in [5, 5.41) is 11.8. The number of amides is 1. The predicted octanol–water partition coefficient (Wildman–Crippen LogP) is 1.79. The van der Waals surface area contributed by atoms with Gasteiger partial charge in [-0.3, -0.25) is 9.59 Å². The molecule has 0 spiro atoms. The molecule has 1 amide bonds. The molecule has 4 nitrogen and oxygen atoms in total. The fourth-order valence-electron chi connectivity index (χ4n) is 1.97. The zero-order valence-electron chi connectivity index (χ0n) is 10.2. The molecule has 16 heavy (non-hydrogen) atoms. The lowest BCUT2D eigenvalue weighted by Crippen LogP contribution is -2.45. The Morgan fingerprint density at radius 1 is 1.31 bits per heavy atom. The first-order valence-corrected chi connectivity index (χ1v) is 5.90. The van der Waals surface area contributed by atoms with Crippen molar-refractivity contribution in [2.75, 3.05) is 0 Å². The quantitative estimate of drug-likeness (QED) is 0.769. The Balaban J connectivity index is 2.48. The summed E-state index contributed by atoms with van der Waals surface area (Å²) in [4.78, 5) is 22.7. The van der Waals surface area contributed by atoms with Crippen LogP contribution in [-0.2, 0) is 9.59 Å². The summed E-state index contributed by atoms with van der Waals surface area (Å²) in [7, 11) is 0. The number of rotatable bonds is 4. The molecule has 0 heterocycles. The molecule has 0 aromatic carbocycles. The Kier molecular flexibility index (Phi) is 3.94. The van der Waals surface area contributed by atoms with Crippen LogP contribution in [0.2, 0.25) is 0 Å². The number of carbonyl (C=O) groups excluding carboxylic acids is 1. The minimum Gasteiger partial charge on any atom is -0.481 e. The number of hydrogen-bond acceptors (Lipinski definition) is 2. The number of carbonyl (C=O) groups is 2. The van der Waals surface area contributed by atoms with Gasteiger partial charge in [0.1, 0.15) is 0 Å². The second kappa shape index (κ2) is 4.85. The van der Waals surface area contributed by atoms with E-state index in [9.17, 15) is 9.59 Å². The molecule has 0 aromatic heterocycles. The Morgan fingerprint density at radius 2 is 1.88 bits per heavy atom. The highest BCUT2D eigenvalue weighted by Crippen LogP contribution is 2.31. The monoisotopic (exact) mass is 227 g/mol. The van der Waals surface area contributed by atoms with E-state index in [1.807, 2.05) is 20.8 Å². The largest absolute Gasteiger partial charge is 0.481 e. The summed E-state index contributed by atoms with van der Waals surface area (Å²) >= 11 is 0. The molecule has 1 saturated carbocycles. The second-order valence-corrected chi connectivity index (χ2v) is 5.27. The van der Waals surface area contributed by atoms with E-state index in [0.29, 0.717) is 19.3 Å². The lowest BCUT2D eigenvalue weighted by molar-refractivity contribution is -0.141. The fourth-order valence-corrected chi connectivity index (χ4v) is 1.97. The molecule has 2 atom stereocenters. The normalized spacial score (nSPS) is 25.4. The van der Waals surface area contributed by atoms with Crippen molar-refractivity contribution >= 4 is 11.9 Å². The van der Waals surface area contributed by atoms with E-state index in [-0.39, 0.29) is 23.3 Å². The van der Waals surface area contributed by atoms with Crippen LogP contribution in [0, 0.1) is 11.8 Å². The van der Waals surface area contributed by atoms with E-state index in [1.165, 1.54) is 0 Å². The molecule has 4 heteroatoms. The Hall–Kier alpha value is -1.06. The molecule has 1 fully saturated rings. The molecule has 1 rings (SSSR count). The molecule has 0 saturated heterocycles. The van der Waals surface area contributed by atoms with Gasteiger partial charge in [0.2, 0.25) is 5.91 Å². The fraction of sp³-hybridized carbons (Fsp3) is 0.833. The van der Waals surface area contributed by atoms with E-state index in [0.717, 1.165) is 6.42 Å². The standard InChI is InChI=1S/C12H21NO3/c1-4-12(2,3)13-10(14)8-5-6-9(7-8)11(15)16/h8-9H,4-7H2,1-3H3,(H,13,14)(H,15,16)/t8-,9+/m1/s1. The molecule has 0 aromatic rings. The van der Waals surface area contributed by atoms with Gasteiger partial charge in [-0.05, 0) is 39.5 Å². The van der Waals surface area contributed by atoms with Crippen LogP contribution < -0.4 is 5.32 Å². The van der Waals surface area contributed by atoms with Crippen LogP contribution in [0.5, 0.6) is 0 Å². The van der Waals surface area contributed by atoms with Crippen molar-refractivity contribution in [2.45, 2.75) is 52.0 Å². The molecule has 1 aliphatic carbocycles. The lowest BCUT2D eigenvalue weighted by atomic mass is 9.98. The highest BCUT2D eigenvalue weighted by Gasteiger charge is 2.35. The molecule has 0 bridgehead atoms. The van der Waals surface area contributed by atoms with Gasteiger partial charge in [0.05, 0.1) is 5.92 Å². The van der Waals surface area contributed by atoms with Crippen LogP contribution in [0.15, 0.2) is 0 Å². The SMILES string of the molecule is CCC(C)(C)NC(=O)[C@@H]1CC[C@H](C(=O)O)C1. The zero-order chi connectivity index (χ0) is 12.3. The molecule has 0 unspecified atom stereocenters. The maximum absolute atomic E-state index is 11.9. The van der Waals surface area contributed by atoms with Crippen LogP contribution in [0.4, 0.5) is 0 Å². The summed E-state index contributed by atoms with van der Waals surface area (Å²) in [6.45, 7) is 5.98. The van der Waals surface area contributed by atoms with Crippen LogP contribution in [0.1, 0.15) is 46.5 Å². The first-order chi connectivity index (χ1) is 7.35. The van der Waals surface area contributed by atoms with Gasteiger partial charge in [-0.15, -0.1) is 0 Å². The minimum atomic E-state index is -0.773. The van der Waals surface area contributed by atoms with Gasteiger partial charge in [0.15, 0.2) is 0 Å². The number of aliphatic carboxylic acids is 1. The average Bonchev–Trinajstić information content (AvgIpc) is 2.66. The van der Waals surface area contributed by atoms with Crippen molar-refractivity contribution in [3.63, 3.8) is 0 Å². The summed E-state index contributed by atoms with van der Waals surface area (Å²) in [6.07, 6.45) is 2.68. The van der Waals surface area contributed by atoms with Crippen molar-refractivity contribution in [3.8, 4) is 0 Å². The van der Waals surface area contributed by atoms with E-state index in [1.54, 1.807) is 0 Å². The first-order valence-electron chi connectivity index (χ1n) is 5.90. The summed E-state index contributed by atoms with van der Waals surface area (Å²) in [5.74, 6) is -1.21. The topological polar surface area (TPSA) is 66.4 Å². The second-order valence-electron chi connectivity index (χ2n) is 5.27. The van der Waals surface area contributed by atoms with Gasteiger partial charge >= 0.3 is 5.97 Å². The van der Waals surface area contributed by atoms with Crippen LogP contribution in [-0.4, -0.2) is 22.5 Å². The van der Waals surface area contributed by atoms with Crippen molar-refractivity contribution in [1.29, 1.82) is 0 Å². The van der Waals surface area contributed by atoms with E-state index < -0.39 is 5.97 Å². The van der Waals surface area contributed by atoms with Gasteiger partial charge < -0.3 is 10.4 Å². The summed E-state index contributed by atoms with van der Waals surface area (Å²) in [6, 6.07) is 0. The third-order valence-corrected chi connectivity index (χ3v) is 3.50. The maximum Gasteiger partial charge on any atom is 0.306 e.